The van der Waals surface area contributed by atoms with E-state index in [0.717, 1.165) is 49.3 Å². The summed E-state index contributed by atoms with van der Waals surface area (Å²) < 4.78 is 0. The maximum Gasteiger partial charge on any atom is 0.325 e. The van der Waals surface area contributed by atoms with Crippen molar-refractivity contribution in [3.05, 3.63) is 59.3 Å². The molecule has 1 unspecified atom stereocenters. The van der Waals surface area contributed by atoms with Gasteiger partial charge in [0.15, 0.2) is 0 Å². The molecular weight excluding hydrogens is 404 g/mol. The third-order valence-electron chi connectivity index (χ3n) is 6.48. The average Bonchev–Trinajstić information content (AvgIpc) is 2.82. The van der Waals surface area contributed by atoms with Gasteiger partial charge in [-0.2, -0.15) is 0 Å². The quantitative estimate of drug-likeness (QED) is 0.551. The van der Waals surface area contributed by atoms with Gasteiger partial charge in [0.1, 0.15) is 11.9 Å². The zero-order valence-corrected chi connectivity index (χ0v) is 18.4. The average molecular weight is 437 g/mol. The number of carbonyl (C=O) groups excluding carboxylic acids is 1. The third-order valence-corrected chi connectivity index (χ3v) is 6.48. The number of rotatable bonds is 8. The topological polar surface area (TPSA) is 94.6 Å². The molecule has 3 N–H and O–H groups in total. The van der Waals surface area contributed by atoms with Crippen LogP contribution in [0.25, 0.3) is 0 Å². The molecule has 0 bridgehead atoms. The molecule has 1 atom stereocenters. The summed E-state index contributed by atoms with van der Waals surface area (Å²) in [5.41, 5.74) is 3.13. The number of aryl methyl sites for hydroxylation is 2. The molecule has 1 fully saturated rings. The molecule has 2 aliphatic rings. The smallest absolute Gasteiger partial charge is 0.325 e. The van der Waals surface area contributed by atoms with Crippen LogP contribution in [0.15, 0.2) is 42.5 Å². The van der Waals surface area contributed by atoms with Gasteiger partial charge in [-0.05, 0) is 55.7 Å². The molecule has 1 aromatic carbocycles. The normalized spacial score (nSPS) is 17.8. The van der Waals surface area contributed by atoms with Crippen molar-refractivity contribution in [2.75, 3.05) is 31.5 Å². The van der Waals surface area contributed by atoms with Gasteiger partial charge in [0, 0.05) is 37.8 Å². The number of likely N-dealkylation sites (tertiary alicyclic amines) is 1. The van der Waals surface area contributed by atoms with Crippen LogP contribution < -0.4 is 10.6 Å². The summed E-state index contributed by atoms with van der Waals surface area (Å²) in [4.78, 5) is 31.1. The highest BCUT2D eigenvalue weighted by molar-refractivity contribution is 5.79. The number of carbonyl (C=O) groups is 2. The Hall–Kier alpha value is -2.93. The largest absolute Gasteiger partial charge is 0.480 e. The van der Waals surface area contributed by atoms with Gasteiger partial charge in [0.25, 0.3) is 0 Å². The number of benzene rings is 1. The van der Waals surface area contributed by atoms with E-state index in [0.29, 0.717) is 32.5 Å². The van der Waals surface area contributed by atoms with Crippen LogP contribution >= 0.6 is 0 Å². The van der Waals surface area contributed by atoms with Gasteiger partial charge in [-0.15, -0.1) is 0 Å². The molecule has 7 heteroatoms. The second kappa shape index (κ2) is 10.6. The number of hydrogen-bond donors (Lipinski definition) is 3. The second-order valence-corrected chi connectivity index (χ2v) is 8.70. The molecule has 2 aliphatic heterocycles. The van der Waals surface area contributed by atoms with E-state index in [-0.39, 0.29) is 11.8 Å². The van der Waals surface area contributed by atoms with E-state index >= 15 is 0 Å². The molecule has 0 spiro atoms. The van der Waals surface area contributed by atoms with Crippen LogP contribution in [0, 0.1) is 5.92 Å². The van der Waals surface area contributed by atoms with Gasteiger partial charge in [-0.25, -0.2) is 4.98 Å². The molecule has 3 heterocycles. The molecule has 32 heavy (non-hydrogen) atoms. The molecule has 170 valence electrons. The van der Waals surface area contributed by atoms with E-state index in [2.05, 4.69) is 22.8 Å². The highest BCUT2D eigenvalue weighted by Crippen LogP contribution is 2.27. The number of pyridine rings is 1. The highest BCUT2D eigenvalue weighted by Gasteiger charge is 2.32. The molecule has 0 aliphatic carbocycles. The number of nitrogens with one attached hydrogen (secondary N) is 2. The van der Waals surface area contributed by atoms with Crippen molar-refractivity contribution in [1.82, 2.24) is 15.2 Å². The Bertz CT molecular complexity index is 926. The highest BCUT2D eigenvalue weighted by atomic mass is 16.4. The molecule has 0 saturated carbocycles. The Kier molecular flexibility index (Phi) is 7.37. The first-order chi connectivity index (χ1) is 15.6. The van der Waals surface area contributed by atoms with Crippen LogP contribution in [-0.4, -0.2) is 53.0 Å². The van der Waals surface area contributed by atoms with Crippen LogP contribution in [-0.2, 0) is 22.4 Å². The molecule has 1 amide bonds. The first-order valence-corrected chi connectivity index (χ1v) is 11.6. The van der Waals surface area contributed by atoms with Gasteiger partial charge >= 0.3 is 5.97 Å². The van der Waals surface area contributed by atoms with Crippen LogP contribution in [0.1, 0.15) is 48.5 Å². The minimum Gasteiger partial charge on any atom is -0.480 e. The number of carboxylic acids is 1. The first-order valence-electron chi connectivity index (χ1n) is 11.6. The molecule has 2 aromatic rings. The predicted molar refractivity (Wildman–Crippen MR) is 123 cm³/mol. The number of fused-ring (bicyclic) bond motifs is 1. The van der Waals surface area contributed by atoms with Crippen molar-refractivity contribution in [2.45, 2.75) is 44.6 Å². The predicted octanol–water partition coefficient (Wildman–Crippen LogP) is 3.03. The third kappa shape index (κ3) is 5.46. The number of piperidine rings is 1. The lowest BCUT2D eigenvalue weighted by molar-refractivity contribution is -0.144. The van der Waals surface area contributed by atoms with Crippen molar-refractivity contribution in [3.63, 3.8) is 0 Å². The fourth-order valence-electron chi connectivity index (χ4n) is 4.70. The summed E-state index contributed by atoms with van der Waals surface area (Å²) >= 11 is 0. The number of amides is 1. The molecule has 0 radical (unpaired) electrons. The molecular formula is C25H32N4O3. The van der Waals surface area contributed by atoms with E-state index in [1.807, 2.05) is 35.2 Å². The van der Waals surface area contributed by atoms with E-state index in [1.54, 1.807) is 0 Å². The van der Waals surface area contributed by atoms with E-state index in [9.17, 15) is 14.7 Å². The van der Waals surface area contributed by atoms with Crippen LogP contribution in [0.2, 0.25) is 0 Å². The SMILES string of the molecule is O=C(NCCCc1ccc2c(n1)NCCC2)C1CCN(C(C(=O)O)c2ccccc2)CC1. The number of nitrogens with zero attached hydrogens (tertiary/aromatic N) is 2. The van der Waals surface area contributed by atoms with E-state index in [4.69, 9.17) is 4.98 Å². The number of hydrogen-bond acceptors (Lipinski definition) is 5. The Balaban J connectivity index is 1.20. The van der Waals surface area contributed by atoms with Crippen LogP contribution in [0.3, 0.4) is 0 Å². The molecule has 1 saturated heterocycles. The molecule has 4 rings (SSSR count). The summed E-state index contributed by atoms with van der Waals surface area (Å²) in [5, 5.41) is 16.2. The minimum atomic E-state index is -0.843. The second-order valence-electron chi connectivity index (χ2n) is 8.70. The molecule has 1 aromatic heterocycles. The Morgan fingerprint density at radius 2 is 1.94 bits per heavy atom. The van der Waals surface area contributed by atoms with Gasteiger partial charge in [0.05, 0.1) is 0 Å². The van der Waals surface area contributed by atoms with Gasteiger partial charge in [0.2, 0.25) is 5.91 Å². The van der Waals surface area contributed by atoms with E-state index < -0.39 is 12.0 Å². The lowest BCUT2D eigenvalue weighted by Gasteiger charge is -2.35. The van der Waals surface area contributed by atoms with Gasteiger partial charge in [-0.1, -0.05) is 36.4 Å². The Morgan fingerprint density at radius 1 is 1.16 bits per heavy atom. The number of aliphatic carboxylic acids is 1. The number of anilines is 1. The Morgan fingerprint density at radius 3 is 2.69 bits per heavy atom. The minimum absolute atomic E-state index is 0.0532. The van der Waals surface area contributed by atoms with Crippen molar-refractivity contribution < 1.29 is 14.7 Å². The van der Waals surface area contributed by atoms with Crippen LogP contribution in [0.4, 0.5) is 5.82 Å². The monoisotopic (exact) mass is 436 g/mol. The summed E-state index contributed by atoms with van der Waals surface area (Å²) in [6.07, 6.45) is 5.29. The van der Waals surface area contributed by atoms with E-state index in [1.165, 1.54) is 5.56 Å². The van der Waals surface area contributed by atoms with Gasteiger partial charge in [-0.3, -0.25) is 14.5 Å². The Labute approximate surface area is 189 Å². The lowest BCUT2D eigenvalue weighted by Crippen LogP contribution is -2.44. The zero-order valence-electron chi connectivity index (χ0n) is 18.4. The standard InChI is InChI=1S/C25H32N4O3/c30-24(27-15-5-9-21-11-10-19-8-4-14-26-23(19)28-21)20-12-16-29(17-13-20)22(25(31)32)18-6-2-1-3-7-18/h1-3,6-7,10-11,20,22H,4-5,8-9,12-17H2,(H,26,28)(H,27,30)(H,31,32). The summed E-state index contributed by atoms with van der Waals surface area (Å²) in [5.74, 6) is 0.198. The van der Waals surface area contributed by atoms with Crippen molar-refractivity contribution in [2.24, 2.45) is 5.92 Å². The number of aromatic nitrogens is 1. The number of carboxylic acid groups (broad SMARTS) is 1. The maximum absolute atomic E-state index is 12.6. The molecule has 7 nitrogen and oxygen atoms in total. The summed E-state index contributed by atoms with van der Waals surface area (Å²) in [6, 6.07) is 12.9. The van der Waals surface area contributed by atoms with Crippen molar-refractivity contribution in [3.8, 4) is 0 Å². The first kappa shape index (κ1) is 22.3. The summed E-state index contributed by atoms with van der Waals surface area (Å²) in [6.45, 7) is 2.83. The van der Waals surface area contributed by atoms with Gasteiger partial charge < -0.3 is 15.7 Å². The fourth-order valence-corrected chi connectivity index (χ4v) is 4.70. The van der Waals surface area contributed by atoms with Crippen molar-refractivity contribution in [1.29, 1.82) is 0 Å². The van der Waals surface area contributed by atoms with Crippen LogP contribution in [0.5, 0.6) is 0 Å². The maximum atomic E-state index is 12.6. The summed E-state index contributed by atoms with van der Waals surface area (Å²) in [7, 11) is 0. The van der Waals surface area contributed by atoms with Crippen molar-refractivity contribution >= 4 is 17.7 Å². The zero-order chi connectivity index (χ0) is 22.3. The lowest BCUT2D eigenvalue weighted by atomic mass is 9.93. The fraction of sp³-hybridized carbons (Fsp3) is 0.480.